The summed E-state index contributed by atoms with van der Waals surface area (Å²) in [6.45, 7) is 8.53. The standard InChI is InChI=1S/C25H34N2O2S/c1-5-20(4)26-25(29)23(6-2)27(16-21-13-8-7-9-14-21)24(28)18-30-17-22-15-11-10-12-19(22)3/h7-15,20,23H,5-6,16-18H2,1-4H3,(H,26,29)/t20-,23+/m0/s1. The third kappa shape index (κ3) is 7.21. The van der Waals surface area contributed by atoms with Crippen molar-refractivity contribution in [3.63, 3.8) is 0 Å². The van der Waals surface area contributed by atoms with Crippen LogP contribution >= 0.6 is 11.8 Å². The molecule has 162 valence electrons. The van der Waals surface area contributed by atoms with Gasteiger partial charge in [0.2, 0.25) is 11.8 Å². The van der Waals surface area contributed by atoms with Crippen molar-refractivity contribution in [2.45, 2.75) is 64.9 Å². The minimum atomic E-state index is -0.467. The van der Waals surface area contributed by atoms with Crippen LogP contribution in [0.25, 0.3) is 0 Å². The summed E-state index contributed by atoms with van der Waals surface area (Å²) in [5.74, 6) is 1.07. The summed E-state index contributed by atoms with van der Waals surface area (Å²) in [5.41, 5.74) is 3.51. The van der Waals surface area contributed by atoms with Crippen molar-refractivity contribution >= 4 is 23.6 Å². The number of nitrogens with one attached hydrogen (secondary N) is 1. The molecule has 0 saturated carbocycles. The monoisotopic (exact) mass is 426 g/mol. The molecule has 0 bridgehead atoms. The van der Waals surface area contributed by atoms with Crippen LogP contribution in [0.15, 0.2) is 54.6 Å². The fourth-order valence-corrected chi connectivity index (χ4v) is 4.23. The number of rotatable bonds is 11. The Morgan fingerprint density at radius 1 is 1.00 bits per heavy atom. The highest BCUT2D eigenvalue weighted by molar-refractivity contribution is 7.99. The normalized spacial score (nSPS) is 12.8. The molecule has 5 heteroatoms. The molecule has 2 aromatic carbocycles. The van der Waals surface area contributed by atoms with E-state index in [1.54, 1.807) is 16.7 Å². The second-order valence-corrected chi connectivity index (χ2v) is 8.65. The lowest BCUT2D eigenvalue weighted by molar-refractivity contribution is -0.139. The predicted molar refractivity (Wildman–Crippen MR) is 126 cm³/mol. The lowest BCUT2D eigenvalue weighted by Gasteiger charge is -2.31. The molecule has 30 heavy (non-hydrogen) atoms. The van der Waals surface area contributed by atoms with Gasteiger partial charge in [0.15, 0.2) is 0 Å². The smallest absolute Gasteiger partial charge is 0.243 e. The van der Waals surface area contributed by atoms with Crippen molar-refractivity contribution in [2.24, 2.45) is 0 Å². The first-order valence-corrected chi connectivity index (χ1v) is 11.9. The molecule has 0 heterocycles. The maximum atomic E-state index is 13.2. The van der Waals surface area contributed by atoms with Crippen LogP contribution in [-0.4, -0.2) is 34.6 Å². The number of aryl methyl sites for hydroxylation is 1. The topological polar surface area (TPSA) is 49.4 Å². The summed E-state index contributed by atoms with van der Waals surface area (Å²) < 4.78 is 0. The zero-order valence-electron chi connectivity index (χ0n) is 18.6. The van der Waals surface area contributed by atoms with E-state index >= 15 is 0 Å². The van der Waals surface area contributed by atoms with Gasteiger partial charge in [0, 0.05) is 18.3 Å². The molecular weight excluding hydrogens is 392 g/mol. The van der Waals surface area contributed by atoms with Crippen LogP contribution in [0, 0.1) is 6.92 Å². The highest BCUT2D eigenvalue weighted by atomic mass is 32.2. The number of benzene rings is 2. The molecule has 0 aromatic heterocycles. The fraction of sp³-hybridized carbons (Fsp3) is 0.440. The summed E-state index contributed by atoms with van der Waals surface area (Å²) in [6.07, 6.45) is 1.45. The molecule has 2 rings (SSSR count). The van der Waals surface area contributed by atoms with Gasteiger partial charge >= 0.3 is 0 Å². The van der Waals surface area contributed by atoms with Gasteiger partial charge in [-0.25, -0.2) is 0 Å². The van der Waals surface area contributed by atoms with E-state index in [1.165, 1.54) is 11.1 Å². The van der Waals surface area contributed by atoms with E-state index in [9.17, 15) is 9.59 Å². The van der Waals surface area contributed by atoms with Crippen LogP contribution in [-0.2, 0) is 21.9 Å². The molecule has 0 aliphatic carbocycles. The quantitative estimate of drug-likeness (QED) is 0.553. The van der Waals surface area contributed by atoms with E-state index in [0.717, 1.165) is 17.7 Å². The highest BCUT2D eigenvalue weighted by Crippen LogP contribution is 2.19. The molecule has 4 nitrogen and oxygen atoms in total. The zero-order chi connectivity index (χ0) is 21.9. The Hall–Kier alpha value is -2.27. The Labute approximate surface area is 185 Å². The van der Waals surface area contributed by atoms with Crippen LogP contribution in [0.3, 0.4) is 0 Å². The van der Waals surface area contributed by atoms with Crippen LogP contribution in [0.5, 0.6) is 0 Å². The Morgan fingerprint density at radius 2 is 1.67 bits per heavy atom. The summed E-state index contributed by atoms with van der Waals surface area (Å²) in [7, 11) is 0. The molecule has 2 aromatic rings. The van der Waals surface area contributed by atoms with Gasteiger partial charge in [-0.2, -0.15) is 0 Å². The van der Waals surface area contributed by atoms with Crippen molar-refractivity contribution in [3.05, 3.63) is 71.3 Å². The van der Waals surface area contributed by atoms with Crippen molar-refractivity contribution < 1.29 is 9.59 Å². The van der Waals surface area contributed by atoms with E-state index in [0.29, 0.717) is 18.7 Å². The number of hydrogen-bond acceptors (Lipinski definition) is 3. The van der Waals surface area contributed by atoms with Crippen molar-refractivity contribution in [1.29, 1.82) is 0 Å². The molecule has 0 aliphatic heterocycles. The summed E-state index contributed by atoms with van der Waals surface area (Å²) in [6, 6.07) is 17.8. The molecular formula is C25H34N2O2S. The fourth-order valence-electron chi connectivity index (χ4n) is 3.24. The van der Waals surface area contributed by atoms with Gasteiger partial charge in [-0.3, -0.25) is 9.59 Å². The van der Waals surface area contributed by atoms with Gasteiger partial charge in [0.1, 0.15) is 6.04 Å². The number of nitrogens with zero attached hydrogens (tertiary/aromatic N) is 1. The Balaban J connectivity index is 2.11. The van der Waals surface area contributed by atoms with Gasteiger partial charge < -0.3 is 10.2 Å². The van der Waals surface area contributed by atoms with Gasteiger partial charge in [-0.1, -0.05) is 68.4 Å². The minimum Gasteiger partial charge on any atom is -0.352 e. The lowest BCUT2D eigenvalue weighted by atomic mass is 10.1. The average Bonchev–Trinajstić information content (AvgIpc) is 2.75. The first-order chi connectivity index (χ1) is 14.5. The summed E-state index contributed by atoms with van der Waals surface area (Å²) in [4.78, 5) is 27.9. The largest absolute Gasteiger partial charge is 0.352 e. The third-order valence-electron chi connectivity index (χ3n) is 5.33. The second kappa shape index (κ2) is 12.4. The van der Waals surface area contributed by atoms with Gasteiger partial charge in [-0.05, 0) is 43.4 Å². The summed E-state index contributed by atoms with van der Waals surface area (Å²) in [5, 5.41) is 3.05. The van der Waals surface area contributed by atoms with Crippen molar-refractivity contribution in [2.75, 3.05) is 5.75 Å². The van der Waals surface area contributed by atoms with Gasteiger partial charge in [-0.15, -0.1) is 11.8 Å². The van der Waals surface area contributed by atoms with E-state index in [1.807, 2.05) is 63.2 Å². The van der Waals surface area contributed by atoms with Crippen LogP contribution in [0.4, 0.5) is 0 Å². The Kier molecular flexibility index (Phi) is 9.95. The minimum absolute atomic E-state index is 0.00332. The number of carbonyl (C=O) groups excluding carboxylic acids is 2. The van der Waals surface area contributed by atoms with Gasteiger partial charge in [0.25, 0.3) is 0 Å². The van der Waals surface area contributed by atoms with Crippen LogP contribution in [0.2, 0.25) is 0 Å². The molecule has 0 aliphatic rings. The highest BCUT2D eigenvalue weighted by Gasteiger charge is 2.29. The maximum absolute atomic E-state index is 13.2. The van der Waals surface area contributed by atoms with E-state index in [-0.39, 0.29) is 17.9 Å². The number of carbonyl (C=O) groups is 2. The number of hydrogen-bond donors (Lipinski definition) is 1. The van der Waals surface area contributed by atoms with E-state index in [2.05, 4.69) is 24.4 Å². The molecule has 2 atom stereocenters. The first kappa shape index (κ1) is 24.0. The molecule has 0 spiro atoms. The van der Waals surface area contributed by atoms with Crippen molar-refractivity contribution in [3.8, 4) is 0 Å². The van der Waals surface area contributed by atoms with Crippen LogP contribution < -0.4 is 5.32 Å². The average molecular weight is 427 g/mol. The number of amides is 2. The first-order valence-electron chi connectivity index (χ1n) is 10.7. The van der Waals surface area contributed by atoms with E-state index in [4.69, 9.17) is 0 Å². The Morgan fingerprint density at radius 3 is 2.30 bits per heavy atom. The molecule has 0 unspecified atom stereocenters. The van der Waals surface area contributed by atoms with Crippen LogP contribution in [0.1, 0.15) is 50.3 Å². The molecule has 0 fully saturated rings. The second-order valence-electron chi connectivity index (χ2n) is 7.67. The van der Waals surface area contributed by atoms with E-state index < -0.39 is 6.04 Å². The molecule has 1 N–H and O–H groups in total. The zero-order valence-corrected chi connectivity index (χ0v) is 19.4. The lowest BCUT2D eigenvalue weighted by Crippen LogP contribution is -2.51. The SMILES string of the molecule is CC[C@H](C(=O)N[C@@H](C)CC)N(Cc1ccccc1)C(=O)CSCc1ccccc1C. The Bertz CT molecular complexity index is 810. The molecule has 2 amide bonds. The maximum Gasteiger partial charge on any atom is 0.243 e. The van der Waals surface area contributed by atoms with Gasteiger partial charge in [0.05, 0.1) is 5.75 Å². The van der Waals surface area contributed by atoms with Crippen molar-refractivity contribution in [1.82, 2.24) is 10.2 Å². The molecule has 0 radical (unpaired) electrons. The summed E-state index contributed by atoms with van der Waals surface area (Å²) >= 11 is 1.60. The number of thioether (sulfide) groups is 1. The molecule has 0 saturated heterocycles. The predicted octanol–water partition coefficient (Wildman–Crippen LogP) is 4.95. The third-order valence-corrected chi connectivity index (χ3v) is 6.29.